The van der Waals surface area contributed by atoms with Crippen molar-refractivity contribution < 1.29 is 23.5 Å². The Kier molecular flexibility index (Phi) is 7.36. The summed E-state index contributed by atoms with van der Waals surface area (Å²) in [4.78, 5) is 37.1. The molecule has 0 radical (unpaired) electrons. The third-order valence-corrected chi connectivity index (χ3v) is 4.39. The first-order valence-electron chi connectivity index (χ1n) is 8.01. The molecule has 0 spiro atoms. The number of carbonyl (C=O) groups excluding carboxylic acids is 3. The van der Waals surface area contributed by atoms with E-state index in [2.05, 4.69) is 5.32 Å². The second-order valence-electron chi connectivity index (χ2n) is 5.70. The van der Waals surface area contributed by atoms with E-state index in [9.17, 15) is 18.8 Å². The van der Waals surface area contributed by atoms with Gasteiger partial charge in [0.25, 0.3) is 11.8 Å². The lowest BCUT2D eigenvalue weighted by Gasteiger charge is -2.11. The van der Waals surface area contributed by atoms with Crippen molar-refractivity contribution in [1.82, 2.24) is 4.90 Å². The predicted octanol–water partition coefficient (Wildman–Crippen LogP) is 2.80. The topological polar surface area (TPSA) is 75.7 Å². The van der Waals surface area contributed by atoms with Crippen molar-refractivity contribution in [2.75, 3.05) is 31.8 Å². The molecule has 0 saturated carbocycles. The summed E-state index contributed by atoms with van der Waals surface area (Å²) >= 11 is 1.00. The second-order valence-corrected chi connectivity index (χ2v) is 6.72. The molecule has 0 fully saturated rings. The lowest BCUT2D eigenvalue weighted by Crippen LogP contribution is -2.22. The van der Waals surface area contributed by atoms with Gasteiger partial charge in [0.05, 0.1) is 5.75 Å². The molecule has 0 atom stereocenters. The van der Waals surface area contributed by atoms with Crippen LogP contribution in [-0.2, 0) is 14.3 Å². The molecule has 1 N–H and O–H groups in total. The molecule has 8 heteroatoms. The maximum absolute atomic E-state index is 13.5. The standard InChI is InChI=1S/C19H19FN2O4S/c1-22(2)19(25)13-7-9-14(10-8-13)21-17(23)11-26-18(24)12-27-16-6-4-3-5-15(16)20/h3-10H,11-12H2,1-2H3,(H,21,23). The molecule has 6 nitrogen and oxygen atoms in total. The number of benzene rings is 2. The fourth-order valence-corrected chi connectivity index (χ4v) is 2.77. The predicted molar refractivity (Wildman–Crippen MR) is 101 cm³/mol. The van der Waals surface area contributed by atoms with Crippen LogP contribution in [0.2, 0.25) is 0 Å². The highest BCUT2D eigenvalue weighted by atomic mass is 32.2. The van der Waals surface area contributed by atoms with Gasteiger partial charge in [-0.15, -0.1) is 11.8 Å². The van der Waals surface area contributed by atoms with Crippen LogP contribution in [0.15, 0.2) is 53.4 Å². The van der Waals surface area contributed by atoms with Gasteiger partial charge in [0.1, 0.15) is 5.82 Å². The third-order valence-electron chi connectivity index (χ3n) is 3.37. The van der Waals surface area contributed by atoms with Crippen LogP contribution in [0.1, 0.15) is 10.4 Å². The minimum Gasteiger partial charge on any atom is -0.455 e. The van der Waals surface area contributed by atoms with Crippen LogP contribution in [0.4, 0.5) is 10.1 Å². The van der Waals surface area contributed by atoms with Gasteiger partial charge in [0, 0.05) is 30.2 Å². The number of ether oxygens (including phenoxy) is 1. The molecular formula is C19H19FN2O4S. The Bertz CT molecular complexity index is 825. The van der Waals surface area contributed by atoms with Crippen molar-refractivity contribution in [3.8, 4) is 0 Å². The number of esters is 1. The molecule has 27 heavy (non-hydrogen) atoms. The van der Waals surface area contributed by atoms with Crippen LogP contribution in [0.5, 0.6) is 0 Å². The van der Waals surface area contributed by atoms with E-state index in [4.69, 9.17) is 4.74 Å². The summed E-state index contributed by atoms with van der Waals surface area (Å²) in [6.45, 7) is -0.449. The van der Waals surface area contributed by atoms with Gasteiger partial charge >= 0.3 is 5.97 Å². The van der Waals surface area contributed by atoms with Crippen molar-refractivity contribution >= 4 is 35.2 Å². The van der Waals surface area contributed by atoms with Crippen molar-refractivity contribution in [1.29, 1.82) is 0 Å². The molecule has 2 amide bonds. The molecule has 0 saturated heterocycles. The molecule has 0 unspecified atom stereocenters. The zero-order valence-electron chi connectivity index (χ0n) is 14.9. The highest BCUT2D eigenvalue weighted by Crippen LogP contribution is 2.21. The van der Waals surface area contributed by atoms with E-state index in [-0.39, 0.29) is 11.7 Å². The molecule has 2 aromatic rings. The second kappa shape index (κ2) is 9.72. The summed E-state index contributed by atoms with van der Waals surface area (Å²) in [6, 6.07) is 12.5. The molecular weight excluding hydrogens is 371 g/mol. The number of nitrogens with one attached hydrogen (secondary N) is 1. The van der Waals surface area contributed by atoms with E-state index < -0.39 is 24.3 Å². The van der Waals surface area contributed by atoms with Gasteiger partial charge in [0.2, 0.25) is 0 Å². The Morgan fingerprint density at radius 1 is 1.07 bits per heavy atom. The number of thioether (sulfide) groups is 1. The van der Waals surface area contributed by atoms with Gasteiger partial charge in [-0.2, -0.15) is 0 Å². The molecule has 2 rings (SSSR count). The Morgan fingerprint density at radius 3 is 2.37 bits per heavy atom. The van der Waals surface area contributed by atoms with E-state index in [0.717, 1.165) is 11.8 Å². The fraction of sp³-hybridized carbons (Fsp3) is 0.211. The lowest BCUT2D eigenvalue weighted by molar-refractivity contribution is -0.144. The number of hydrogen-bond donors (Lipinski definition) is 1. The first-order valence-corrected chi connectivity index (χ1v) is 9.00. The Hall–Kier alpha value is -2.87. The van der Waals surface area contributed by atoms with Crippen LogP contribution >= 0.6 is 11.8 Å². The van der Waals surface area contributed by atoms with E-state index in [1.165, 1.54) is 11.0 Å². The Labute approximate surface area is 160 Å². The summed E-state index contributed by atoms with van der Waals surface area (Å²) in [5.41, 5.74) is 0.974. The molecule has 2 aromatic carbocycles. The zero-order valence-corrected chi connectivity index (χ0v) is 15.7. The number of hydrogen-bond acceptors (Lipinski definition) is 5. The molecule has 0 aliphatic carbocycles. The normalized spacial score (nSPS) is 10.2. The third kappa shape index (κ3) is 6.41. The maximum Gasteiger partial charge on any atom is 0.316 e. The van der Waals surface area contributed by atoms with E-state index in [1.54, 1.807) is 56.6 Å². The van der Waals surface area contributed by atoms with Crippen LogP contribution < -0.4 is 5.32 Å². The number of amides is 2. The Morgan fingerprint density at radius 2 is 1.74 bits per heavy atom. The summed E-state index contributed by atoms with van der Waals surface area (Å²) in [6.07, 6.45) is 0. The van der Waals surface area contributed by atoms with Gasteiger partial charge < -0.3 is 15.0 Å². The summed E-state index contributed by atoms with van der Waals surface area (Å²) < 4.78 is 18.3. The van der Waals surface area contributed by atoms with E-state index in [0.29, 0.717) is 16.1 Å². The van der Waals surface area contributed by atoms with Crippen molar-refractivity contribution in [2.24, 2.45) is 0 Å². The van der Waals surface area contributed by atoms with Crippen LogP contribution in [0.25, 0.3) is 0 Å². The first kappa shape index (κ1) is 20.4. The SMILES string of the molecule is CN(C)C(=O)c1ccc(NC(=O)COC(=O)CSc2ccccc2F)cc1. The van der Waals surface area contributed by atoms with Crippen LogP contribution in [0, 0.1) is 5.82 Å². The van der Waals surface area contributed by atoms with E-state index in [1.807, 2.05) is 0 Å². The quantitative estimate of drug-likeness (QED) is 0.581. The van der Waals surface area contributed by atoms with Gasteiger partial charge in [-0.05, 0) is 36.4 Å². The van der Waals surface area contributed by atoms with Gasteiger partial charge in [0.15, 0.2) is 6.61 Å². The van der Waals surface area contributed by atoms with Crippen LogP contribution in [0.3, 0.4) is 0 Å². The Balaban J connectivity index is 1.76. The smallest absolute Gasteiger partial charge is 0.316 e. The minimum absolute atomic E-state index is 0.102. The number of nitrogens with zero attached hydrogens (tertiary/aromatic N) is 1. The van der Waals surface area contributed by atoms with Crippen molar-refractivity contribution in [3.05, 3.63) is 59.9 Å². The fourth-order valence-electron chi connectivity index (χ4n) is 2.04. The van der Waals surface area contributed by atoms with Gasteiger partial charge in [-0.25, -0.2) is 4.39 Å². The summed E-state index contributed by atoms with van der Waals surface area (Å²) in [5.74, 6) is -1.79. The molecule has 0 aliphatic rings. The lowest BCUT2D eigenvalue weighted by atomic mass is 10.2. The highest BCUT2D eigenvalue weighted by molar-refractivity contribution is 8.00. The van der Waals surface area contributed by atoms with Gasteiger partial charge in [-0.3, -0.25) is 14.4 Å². The average molecular weight is 390 g/mol. The number of halogens is 1. The average Bonchev–Trinajstić information content (AvgIpc) is 2.65. The highest BCUT2D eigenvalue weighted by Gasteiger charge is 2.11. The number of carbonyl (C=O) groups is 3. The number of rotatable bonds is 7. The number of anilines is 1. The minimum atomic E-state index is -0.620. The summed E-state index contributed by atoms with van der Waals surface area (Å²) in [7, 11) is 3.30. The molecule has 0 aromatic heterocycles. The molecule has 0 bridgehead atoms. The van der Waals surface area contributed by atoms with E-state index >= 15 is 0 Å². The van der Waals surface area contributed by atoms with Crippen molar-refractivity contribution in [3.63, 3.8) is 0 Å². The van der Waals surface area contributed by atoms with Gasteiger partial charge in [-0.1, -0.05) is 12.1 Å². The van der Waals surface area contributed by atoms with Crippen LogP contribution in [-0.4, -0.2) is 49.1 Å². The maximum atomic E-state index is 13.5. The first-order chi connectivity index (χ1) is 12.9. The van der Waals surface area contributed by atoms with Crippen molar-refractivity contribution in [2.45, 2.75) is 4.90 Å². The monoisotopic (exact) mass is 390 g/mol. The molecule has 0 heterocycles. The zero-order chi connectivity index (χ0) is 19.8. The molecule has 142 valence electrons. The largest absolute Gasteiger partial charge is 0.455 e. The molecule has 0 aliphatic heterocycles. The summed E-state index contributed by atoms with van der Waals surface area (Å²) in [5, 5.41) is 2.57.